The topological polar surface area (TPSA) is 96.7 Å². The number of nitrogens with two attached hydrogens (primary N) is 1. The first-order valence-electron chi connectivity index (χ1n) is 6.76. The molecule has 1 aromatic carbocycles. The lowest BCUT2D eigenvalue weighted by Gasteiger charge is -2.16. The lowest BCUT2D eigenvalue weighted by Crippen LogP contribution is -2.40. The predicted molar refractivity (Wildman–Crippen MR) is 90.1 cm³/mol. The van der Waals surface area contributed by atoms with E-state index >= 15 is 0 Å². The van der Waals surface area contributed by atoms with Crippen LogP contribution >= 0.6 is 24.0 Å². The number of hydrogen-bond acceptors (Lipinski definition) is 4. The fourth-order valence-electron chi connectivity index (χ4n) is 1.80. The molecule has 6 nitrogen and oxygen atoms in total. The summed E-state index contributed by atoms with van der Waals surface area (Å²) in [6.07, 6.45) is 0.827. The van der Waals surface area contributed by atoms with Crippen molar-refractivity contribution in [3.05, 3.63) is 29.3 Å². The van der Waals surface area contributed by atoms with E-state index in [1.54, 1.807) is 6.07 Å². The molecule has 0 saturated carbocycles. The van der Waals surface area contributed by atoms with Crippen molar-refractivity contribution in [3.63, 3.8) is 0 Å². The van der Waals surface area contributed by atoms with Gasteiger partial charge in [-0.2, -0.15) is 4.98 Å². The Kier molecular flexibility index (Phi) is 6.80. The summed E-state index contributed by atoms with van der Waals surface area (Å²) in [6.45, 7) is 3.91. The number of H-pyrrole nitrogens is 1. The minimum Gasteiger partial charge on any atom is -0.320 e. The minimum atomic E-state index is -0.586. The molecule has 0 spiro atoms. The molecule has 2 rings (SSSR count). The quantitative estimate of drug-likeness (QED) is 0.777. The fraction of sp³-hybridized carbons (Fsp3) is 0.357. The van der Waals surface area contributed by atoms with E-state index in [2.05, 4.69) is 20.5 Å². The summed E-state index contributed by atoms with van der Waals surface area (Å²) in [7, 11) is 0. The van der Waals surface area contributed by atoms with Gasteiger partial charge in [-0.05, 0) is 18.1 Å². The maximum absolute atomic E-state index is 12.0. The van der Waals surface area contributed by atoms with Crippen molar-refractivity contribution in [2.24, 2.45) is 11.7 Å². The van der Waals surface area contributed by atoms with Crippen LogP contribution in [0, 0.1) is 5.92 Å². The Hall–Kier alpha value is -1.63. The van der Waals surface area contributed by atoms with Crippen LogP contribution in [0.4, 0.5) is 5.95 Å². The summed E-state index contributed by atoms with van der Waals surface area (Å²) in [5.41, 5.74) is 6.58. The van der Waals surface area contributed by atoms with Gasteiger partial charge in [0.1, 0.15) is 0 Å². The van der Waals surface area contributed by atoms with Crippen LogP contribution in [-0.4, -0.2) is 27.1 Å². The van der Waals surface area contributed by atoms with Crippen molar-refractivity contribution in [3.8, 4) is 11.4 Å². The lowest BCUT2D eigenvalue weighted by atomic mass is 10.00. The normalized spacial score (nSPS) is 13.1. The van der Waals surface area contributed by atoms with Crippen LogP contribution < -0.4 is 11.1 Å². The molecular formula is C14H19Cl2N5O. The van der Waals surface area contributed by atoms with Gasteiger partial charge < -0.3 is 5.73 Å². The van der Waals surface area contributed by atoms with Crippen LogP contribution in [0.5, 0.6) is 0 Å². The number of hydrogen-bond donors (Lipinski definition) is 3. The van der Waals surface area contributed by atoms with Crippen molar-refractivity contribution in [1.82, 2.24) is 15.2 Å². The third-order valence-electron chi connectivity index (χ3n) is 3.41. The molecule has 2 unspecified atom stereocenters. The summed E-state index contributed by atoms with van der Waals surface area (Å²) in [6, 6.07) is 6.67. The Morgan fingerprint density at radius 1 is 1.45 bits per heavy atom. The molecular weight excluding hydrogens is 325 g/mol. The number of anilines is 1. The van der Waals surface area contributed by atoms with Crippen molar-refractivity contribution < 1.29 is 4.79 Å². The Morgan fingerprint density at radius 2 is 2.14 bits per heavy atom. The average molecular weight is 344 g/mol. The molecule has 1 amide bonds. The summed E-state index contributed by atoms with van der Waals surface area (Å²) in [4.78, 5) is 16.2. The molecule has 0 aliphatic heterocycles. The van der Waals surface area contributed by atoms with Crippen LogP contribution in [0.3, 0.4) is 0 Å². The van der Waals surface area contributed by atoms with Gasteiger partial charge in [-0.15, -0.1) is 17.5 Å². The van der Waals surface area contributed by atoms with Crippen molar-refractivity contribution in [2.45, 2.75) is 26.3 Å². The van der Waals surface area contributed by atoms with E-state index in [0.29, 0.717) is 10.8 Å². The number of halogens is 2. The molecule has 0 aliphatic carbocycles. The fourth-order valence-corrected chi connectivity index (χ4v) is 2.02. The van der Waals surface area contributed by atoms with Gasteiger partial charge >= 0.3 is 0 Å². The van der Waals surface area contributed by atoms with E-state index in [0.717, 1.165) is 12.0 Å². The van der Waals surface area contributed by atoms with E-state index < -0.39 is 6.04 Å². The molecule has 1 heterocycles. The first-order valence-corrected chi connectivity index (χ1v) is 7.14. The Bertz CT molecular complexity index is 631. The average Bonchev–Trinajstić information content (AvgIpc) is 2.94. The van der Waals surface area contributed by atoms with Crippen LogP contribution in [-0.2, 0) is 4.79 Å². The molecule has 1 aromatic heterocycles. The monoisotopic (exact) mass is 343 g/mol. The molecule has 8 heteroatoms. The zero-order valence-electron chi connectivity index (χ0n) is 12.3. The first kappa shape index (κ1) is 18.4. The van der Waals surface area contributed by atoms with Gasteiger partial charge in [-0.25, -0.2) is 0 Å². The second-order valence-corrected chi connectivity index (χ2v) is 5.30. The highest BCUT2D eigenvalue weighted by Gasteiger charge is 2.21. The maximum Gasteiger partial charge on any atom is 0.249 e. The van der Waals surface area contributed by atoms with Gasteiger partial charge in [0.15, 0.2) is 5.82 Å². The van der Waals surface area contributed by atoms with Crippen molar-refractivity contribution in [1.29, 1.82) is 0 Å². The van der Waals surface area contributed by atoms with Gasteiger partial charge in [0.2, 0.25) is 11.9 Å². The molecule has 0 saturated heterocycles. The highest BCUT2D eigenvalue weighted by atomic mass is 35.5. The van der Waals surface area contributed by atoms with E-state index in [4.69, 9.17) is 17.3 Å². The van der Waals surface area contributed by atoms with E-state index in [9.17, 15) is 4.79 Å². The summed E-state index contributed by atoms with van der Waals surface area (Å²) in [5, 5.41) is 9.87. The molecule has 0 bridgehead atoms. The molecule has 0 radical (unpaired) electrons. The number of rotatable bonds is 5. The Labute approximate surface area is 140 Å². The number of nitrogens with zero attached hydrogens (tertiary/aromatic N) is 2. The van der Waals surface area contributed by atoms with Gasteiger partial charge in [0, 0.05) is 5.56 Å². The second-order valence-electron chi connectivity index (χ2n) is 4.89. The smallest absolute Gasteiger partial charge is 0.249 e. The molecule has 120 valence electrons. The lowest BCUT2D eigenvalue weighted by molar-refractivity contribution is -0.118. The number of carbonyl (C=O) groups excluding carboxylic acids is 1. The first-order chi connectivity index (χ1) is 10.0. The molecule has 22 heavy (non-hydrogen) atoms. The summed E-state index contributed by atoms with van der Waals surface area (Å²) < 4.78 is 0. The van der Waals surface area contributed by atoms with Crippen molar-refractivity contribution >= 4 is 35.9 Å². The highest BCUT2D eigenvalue weighted by molar-refractivity contribution is 6.33. The van der Waals surface area contributed by atoms with Crippen LogP contribution in [0.15, 0.2) is 24.3 Å². The number of aromatic amines is 1. The third kappa shape index (κ3) is 4.19. The second kappa shape index (κ2) is 8.12. The standard InChI is InChI=1S/C14H18ClN5O.ClH/c1-3-8(2)11(16)13(21)18-14-17-12(19-20-14)9-6-4-5-7-10(9)15;/h4-8,11H,3,16H2,1-2H3,(H2,17,18,19,20,21);1H. The van der Waals surface area contributed by atoms with Gasteiger partial charge in [-0.3, -0.25) is 15.2 Å². The minimum absolute atomic E-state index is 0. The molecule has 0 fully saturated rings. The van der Waals surface area contributed by atoms with E-state index in [1.807, 2.05) is 32.0 Å². The SMILES string of the molecule is CCC(C)C(N)C(=O)Nc1n[nH]c(-c2ccccc2Cl)n1.Cl. The number of benzene rings is 1. The largest absolute Gasteiger partial charge is 0.320 e. The number of carbonyl (C=O) groups is 1. The predicted octanol–water partition coefficient (Wildman–Crippen LogP) is 2.86. The zero-order valence-corrected chi connectivity index (χ0v) is 13.9. The highest BCUT2D eigenvalue weighted by Crippen LogP contribution is 2.24. The summed E-state index contributed by atoms with van der Waals surface area (Å²) in [5.74, 6) is 0.475. The van der Waals surface area contributed by atoms with E-state index in [1.165, 1.54) is 0 Å². The summed E-state index contributed by atoms with van der Waals surface area (Å²) >= 11 is 6.09. The van der Waals surface area contributed by atoms with Gasteiger partial charge in [0.05, 0.1) is 11.1 Å². The maximum atomic E-state index is 12.0. The molecule has 0 aliphatic rings. The number of aromatic nitrogens is 3. The Morgan fingerprint density at radius 3 is 2.77 bits per heavy atom. The van der Waals surface area contributed by atoms with Crippen LogP contribution in [0.25, 0.3) is 11.4 Å². The Balaban J connectivity index is 0.00000242. The number of amides is 1. The van der Waals surface area contributed by atoms with Gasteiger partial charge in [-0.1, -0.05) is 44.0 Å². The molecule has 2 aromatic rings. The van der Waals surface area contributed by atoms with Crippen LogP contribution in [0.1, 0.15) is 20.3 Å². The third-order valence-corrected chi connectivity index (χ3v) is 3.74. The van der Waals surface area contributed by atoms with Crippen molar-refractivity contribution in [2.75, 3.05) is 5.32 Å². The van der Waals surface area contributed by atoms with Gasteiger partial charge in [0.25, 0.3) is 0 Å². The number of nitrogens with one attached hydrogen (secondary N) is 2. The molecule has 4 N–H and O–H groups in total. The van der Waals surface area contributed by atoms with E-state index in [-0.39, 0.29) is 30.2 Å². The molecule has 2 atom stereocenters. The van der Waals surface area contributed by atoms with Crippen LogP contribution in [0.2, 0.25) is 5.02 Å². The zero-order chi connectivity index (χ0) is 15.4.